The van der Waals surface area contributed by atoms with Crippen molar-refractivity contribution in [1.29, 1.82) is 0 Å². The third kappa shape index (κ3) is 35.0. The maximum Gasteiger partial charge on any atom is 0.306 e. The molecule has 0 aliphatic heterocycles. The van der Waals surface area contributed by atoms with Crippen LogP contribution in [0.25, 0.3) is 0 Å². The first-order valence-corrected chi connectivity index (χ1v) is 29.3. The fourth-order valence-electron chi connectivity index (χ4n) is 7.38. The zero-order valence-corrected chi connectivity index (χ0v) is 43.4. The molecule has 10 atom stereocenters. The Morgan fingerprint density at radius 1 is 0.493 bits per heavy atom. The van der Waals surface area contributed by atoms with E-state index in [2.05, 4.69) is 53.3 Å². The lowest BCUT2D eigenvalue weighted by Gasteiger charge is -2.47. The normalized spacial score (nSPS) is 23.1. The maximum atomic E-state index is 13.0. The number of aliphatic hydroxyl groups is 3. The van der Waals surface area contributed by atoms with Gasteiger partial charge in [0, 0.05) is 12.8 Å². The smallest absolute Gasteiger partial charge is 0.306 e. The van der Waals surface area contributed by atoms with Gasteiger partial charge in [-0.2, -0.15) is 0 Å². The van der Waals surface area contributed by atoms with Gasteiger partial charge < -0.3 is 67.4 Å². The van der Waals surface area contributed by atoms with E-state index < -0.39 is 91.3 Å². The summed E-state index contributed by atoms with van der Waals surface area (Å²) < 4.78 is 64.4. The SMILES string of the molecule is CCCCC/C=C\C/C=C\C/C=C\C/C=C\CCCC(=O)O[C@H](COC(=O)CCCCCCCCCCCCCCCCC)COP(=O)([O-])O[C@H]1C(O)C(OP(=O)([O-])O)C(OP(=O)([O-])O)[C@@H](O)C1O. The molecule has 1 saturated carbocycles. The van der Waals surface area contributed by atoms with Crippen molar-refractivity contribution in [2.24, 2.45) is 0 Å². The van der Waals surface area contributed by atoms with E-state index in [1.54, 1.807) is 0 Å². The molecule has 0 amide bonds. The molecule has 7 unspecified atom stereocenters. The van der Waals surface area contributed by atoms with E-state index in [0.29, 0.717) is 25.7 Å². The third-order valence-electron chi connectivity index (χ3n) is 11.1. The van der Waals surface area contributed by atoms with Crippen LogP contribution in [-0.4, -0.2) is 93.0 Å². The van der Waals surface area contributed by atoms with Crippen molar-refractivity contribution in [2.75, 3.05) is 13.2 Å². The van der Waals surface area contributed by atoms with Gasteiger partial charge in [0.05, 0.1) is 6.61 Å². The van der Waals surface area contributed by atoms with Crippen LogP contribution in [0.3, 0.4) is 0 Å². The molecule has 69 heavy (non-hydrogen) atoms. The highest BCUT2D eigenvalue weighted by atomic mass is 31.2. The van der Waals surface area contributed by atoms with Crippen molar-refractivity contribution < 1.29 is 90.6 Å². The number of carbonyl (C=O) groups is 2. The zero-order valence-electron chi connectivity index (χ0n) is 40.8. The third-order valence-corrected chi connectivity index (χ3v) is 13.1. The van der Waals surface area contributed by atoms with E-state index >= 15 is 0 Å². The first kappa shape index (κ1) is 65.1. The van der Waals surface area contributed by atoms with Crippen molar-refractivity contribution in [3.05, 3.63) is 48.6 Å². The minimum absolute atomic E-state index is 0.0496. The zero-order chi connectivity index (χ0) is 51.4. The minimum Gasteiger partial charge on any atom is -0.756 e. The number of phosphoric acid groups is 3. The van der Waals surface area contributed by atoms with Gasteiger partial charge in [-0.1, -0.05) is 165 Å². The Morgan fingerprint density at radius 2 is 0.884 bits per heavy atom. The van der Waals surface area contributed by atoms with Crippen LogP contribution in [-0.2, 0) is 50.9 Å². The van der Waals surface area contributed by atoms with E-state index in [1.807, 2.05) is 18.2 Å². The number of carbonyl (C=O) groups excluding carboxylic acids is 2. The second-order valence-corrected chi connectivity index (χ2v) is 21.0. The van der Waals surface area contributed by atoms with Gasteiger partial charge in [0.25, 0.3) is 23.5 Å². The van der Waals surface area contributed by atoms with Crippen molar-refractivity contribution in [1.82, 2.24) is 0 Å². The summed E-state index contributed by atoms with van der Waals surface area (Å²) in [6.45, 7) is 2.76. The Labute approximate surface area is 410 Å². The lowest BCUT2D eigenvalue weighted by molar-refractivity contribution is -0.280. The number of hydrogen-bond donors (Lipinski definition) is 5. The summed E-state index contributed by atoms with van der Waals surface area (Å²) in [5.41, 5.74) is 0. The van der Waals surface area contributed by atoms with Crippen LogP contribution in [0.2, 0.25) is 0 Å². The molecule has 0 aromatic carbocycles. The first-order chi connectivity index (χ1) is 32.8. The van der Waals surface area contributed by atoms with E-state index in [4.69, 9.17) is 23.4 Å². The summed E-state index contributed by atoms with van der Waals surface area (Å²) in [7, 11) is -17.5. The van der Waals surface area contributed by atoms with Crippen LogP contribution in [0.4, 0.5) is 0 Å². The van der Waals surface area contributed by atoms with E-state index in [-0.39, 0.29) is 12.8 Å². The van der Waals surface area contributed by atoms with Gasteiger partial charge in [-0.15, -0.1) is 0 Å². The average molecular weight is 1040 g/mol. The molecule has 0 bridgehead atoms. The molecule has 402 valence electrons. The quantitative estimate of drug-likeness (QED) is 0.0171. The van der Waals surface area contributed by atoms with Crippen LogP contribution in [0.15, 0.2) is 48.6 Å². The summed E-state index contributed by atoms with van der Waals surface area (Å²) in [5.74, 6) is -1.42. The molecular formula is C47H82O19P3-3. The number of ether oxygens (including phenoxy) is 2. The Morgan fingerprint density at radius 3 is 1.36 bits per heavy atom. The molecule has 1 fully saturated rings. The Balaban J connectivity index is 2.75. The first-order valence-electron chi connectivity index (χ1n) is 24.9. The largest absolute Gasteiger partial charge is 0.756 e. The van der Waals surface area contributed by atoms with Gasteiger partial charge >= 0.3 is 11.9 Å². The molecule has 22 heteroatoms. The summed E-state index contributed by atoms with van der Waals surface area (Å²) in [6.07, 6.45) is 24.5. The monoisotopic (exact) mass is 1040 g/mol. The van der Waals surface area contributed by atoms with E-state index in [0.717, 1.165) is 44.9 Å². The highest BCUT2D eigenvalue weighted by Crippen LogP contribution is 2.48. The number of allylic oxidation sites excluding steroid dienone is 8. The van der Waals surface area contributed by atoms with Crippen molar-refractivity contribution >= 4 is 35.4 Å². The van der Waals surface area contributed by atoms with Gasteiger partial charge in [-0.3, -0.25) is 23.3 Å². The molecule has 19 nitrogen and oxygen atoms in total. The Kier molecular flexibility index (Phi) is 36.5. The molecule has 5 N–H and O–H groups in total. The second kappa shape index (κ2) is 38.7. The predicted octanol–water partition coefficient (Wildman–Crippen LogP) is 7.51. The van der Waals surface area contributed by atoms with Crippen molar-refractivity contribution in [2.45, 2.75) is 224 Å². The van der Waals surface area contributed by atoms with Crippen LogP contribution >= 0.6 is 23.5 Å². The fraction of sp³-hybridized carbons (Fsp3) is 0.787. The Hall–Kier alpha value is -1.89. The average Bonchev–Trinajstić information content (AvgIpc) is 3.28. The predicted molar refractivity (Wildman–Crippen MR) is 255 cm³/mol. The highest BCUT2D eigenvalue weighted by Gasteiger charge is 2.54. The molecule has 1 aliphatic rings. The maximum absolute atomic E-state index is 13.0. The Bertz CT molecular complexity index is 1630. The molecule has 1 aliphatic carbocycles. The minimum atomic E-state index is -5.89. The van der Waals surface area contributed by atoms with Crippen LogP contribution in [0.1, 0.15) is 181 Å². The molecule has 0 heterocycles. The molecule has 0 spiro atoms. The molecule has 0 aromatic rings. The summed E-state index contributed by atoms with van der Waals surface area (Å²) >= 11 is 0. The van der Waals surface area contributed by atoms with E-state index in [1.165, 1.54) is 83.5 Å². The number of unbranched alkanes of at least 4 members (excludes halogenated alkanes) is 18. The van der Waals surface area contributed by atoms with Crippen molar-refractivity contribution in [3.8, 4) is 0 Å². The van der Waals surface area contributed by atoms with Gasteiger partial charge in [0.15, 0.2) is 6.10 Å². The molecule has 0 saturated heterocycles. The fourth-order valence-corrected chi connectivity index (χ4v) is 9.44. The number of aliphatic hydroxyl groups excluding tert-OH is 3. The highest BCUT2D eigenvalue weighted by molar-refractivity contribution is 7.46. The molecular weight excluding hydrogens is 961 g/mol. The number of hydrogen-bond acceptors (Lipinski definition) is 17. The van der Waals surface area contributed by atoms with Gasteiger partial charge in [-0.25, -0.2) is 0 Å². The van der Waals surface area contributed by atoms with Gasteiger partial charge in [-0.05, 0) is 51.4 Å². The summed E-state index contributed by atoms with van der Waals surface area (Å²) in [6, 6.07) is 0. The van der Waals surface area contributed by atoms with Gasteiger partial charge in [0.1, 0.15) is 43.2 Å². The number of esters is 2. The molecule has 1 rings (SSSR count). The molecule has 0 radical (unpaired) electrons. The van der Waals surface area contributed by atoms with Crippen LogP contribution < -0.4 is 14.7 Å². The topological polar surface area (TPSA) is 311 Å². The summed E-state index contributed by atoms with van der Waals surface area (Å²) in [4.78, 5) is 79.6. The second-order valence-electron chi connectivity index (χ2n) is 17.3. The van der Waals surface area contributed by atoms with Crippen LogP contribution in [0.5, 0.6) is 0 Å². The number of phosphoric ester groups is 3. The standard InChI is InChI=1S/C47H85O19P3/c1-3-5-7-9-11-13-15-17-19-20-22-24-26-28-30-32-34-36-41(49)63-39(37-61-40(48)35-33-31-29-27-25-23-21-18-16-14-12-10-8-6-4-2)38-62-69(59,60)66-45-42(50)43(51)46(64-67(53,54)55)47(44(45)52)65-68(56,57)58/h11,13,17,19,22,24,28,30,39,42-47,50-52H,3-10,12,14-16,18,20-21,23,25-27,29,31-38H2,1-2H3,(H,59,60)(H2,53,54,55)(H2,56,57,58)/p-3/b13-11-,19-17-,24-22-,30-28-/t39-,42?,43+,44?,45-,46?,47?/m1/s1. The van der Waals surface area contributed by atoms with Crippen molar-refractivity contribution in [3.63, 3.8) is 0 Å². The van der Waals surface area contributed by atoms with Crippen LogP contribution in [0, 0.1) is 0 Å². The summed E-state index contributed by atoms with van der Waals surface area (Å²) in [5, 5.41) is 31.7. The number of rotatable bonds is 42. The molecule has 0 aromatic heterocycles. The van der Waals surface area contributed by atoms with E-state index in [9.17, 15) is 58.2 Å². The lowest BCUT2D eigenvalue weighted by Crippen LogP contribution is -2.65. The lowest BCUT2D eigenvalue weighted by atomic mass is 9.85. The van der Waals surface area contributed by atoms with Gasteiger partial charge in [0.2, 0.25) is 0 Å².